The zero-order valence-electron chi connectivity index (χ0n) is 18.0. The van der Waals surface area contributed by atoms with Crippen molar-refractivity contribution in [2.24, 2.45) is 5.92 Å². The summed E-state index contributed by atoms with van der Waals surface area (Å²) in [4.78, 5) is 27.1. The zero-order chi connectivity index (χ0) is 22.5. The predicted molar refractivity (Wildman–Crippen MR) is 123 cm³/mol. The lowest BCUT2D eigenvalue weighted by Crippen LogP contribution is -2.34. The lowest BCUT2D eigenvalue weighted by Gasteiger charge is -2.25. The van der Waals surface area contributed by atoms with Gasteiger partial charge in [-0.05, 0) is 72.0 Å². The zero-order valence-corrected chi connectivity index (χ0v) is 18.8. The van der Waals surface area contributed by atoms with Crippen LogP contribution in [0, 0.1) is 11.7 Å². The van der Waals surface area contributed by atoms with Crippen molar-refractivity contribution in [2.75, 3.05) is 13.7 Å². The Labute approximate surface area is 191 Å². The molecule has 0 unspecified atom stereocenters. The number of rotatable bonds is 7. The summed E-state index contributed by atoms with van der Waals surface area (Å²) in [5, 5.41) is -0.196. The van der Waals surface area contributed by atoms with Gasteiger partial charge in [-0.3, -0.25) is 14.5 Å². The minimum Gasteiger partial charge on any atom is -0.493 e. The van der Waals surface area contributed by atoms with Gasteiger partial charge < -0.3 is 9.47 Å². The second-order valence-corrected chi connectivity index (χ2v) is 9.11. The number of nitrogens with zero attached hydrogens (tertiary/aromatic N) is 1. The SMILES string of the molecule is COc1cc(/C=C2/SC(=O)N(CC3CCCCC3)C2=O)ccc1OCc1ccc(F)cc1. The Kier molecular flexibility index (Phi) is 7.15. The second kappa shape index (κ2) is 10.2. The third kappa shape index (κ3) is 5.33. The monoisotopic (exact) mass is 455 g/mol. The summed E-state index contributed by atoms with van der Waals surface area (Å²) < 4.78 is 24.3. The van der Waals surface area contributed by atoms with Crippen LogP contribution in [0.15, 0.2) is 47.4 Å². The third-order valence-electron chi connectivity index (χ3n) is 5.83. The van der Waals surface area contributed by atoms with Gasteiger partial charge in [0.2, 0.25) is 0 Å². The van der Waals surface area contributed by atoms with Gasteiger partial charge in [0, 0.05) is 6.54 Å². The molecule has 32 heavy (non-hydrogen) atoms. The smallest absolute Gasteiger partial charge is 0.293 e. The molecule has 1 heterocycles. The number of thioether (sulfide) groups is 1. The van der Waals surface area contributed by atoms with Crippen molar-refractivity contribution in [1.29, 1.82) is 0 Å². The molecule has 5 nitrogen and oxygen atoms in total. The van der Waals surface area contributed by atoms with Gasteiger partial charge in [0.05, 0.1) is 12.0 Å². The molecule has 0 radical (unpaired) electrons. The van der Waals surface area contributed by atoms with E-state index in [0.29, 0.717) is 28.9 Å². The molecule has 168 valence electrons. The maximum Gasteiger partial charge on any atom is 0.293 e. The van der Waals surface area contributed by atoms with Crippen LogP contribution in [0.2, 0.25) is 0 Å². The number of methoxy groups -OCH3 is 1. The summed E-state index contributed by atoms with van der Waals surface area (Å²) in [5.74, 6) is 0.955. The largest absolute Gasteiger partial charge is 0.493 e. The average molecular weight is 456 g/mol. The van der Waals surface area contributed by atoms with E-state index >= 15 is 0 Å². The highest BCUT2D eigenvalue weighted by molar-refractivity contribution is 8.18. The van der Waals surface area contributed by atoms with Crippen LogP contribution < -0.4 is 9.47 Å². The van der Waals surface area contributed by atoms with Crippen molar-refractivity contribution in [3.05, 3.63) is 64.3 Å². The van der Waals surface area contributed by atoms with Crippen LogP contribution in [0.3, 0.4) is 0 Å². The normalized spacial score (nSPS) is 18.4. The number of hydrogen-bond donors (Lipinski definition) is 0. The molecule has 2 aliphatic rings. The molecule has 2 aromatic carbocycles. The topological polar surface area (TPSA) is 55.8 Å². The van der Waals surface area contributed by atoms with Gasteiger partial charge in [-0.1, -0.05) is 37.5 Å². The molecule has 2 fully saturated rings. The summed E-state index contributed by atoms with van der Waals surface area (Å²) in [6.45, 7) is 0.789. The second-order valence-electron chi connectivity index (χ2n) is 8.12. The highest BCUT2D eigenvalue weighted by Crippen LogP contribution is 2.36. The summed E-state index contributed by atoms with van der Waals surface area (Å²) in [6.07, 6.45) is 7.47. The first-order valence-electron chi connectivity index (χ1n) is 10.8. The van der Waals surface area contributed by atoms with Gasteiger partial charge in [0.25, 0.3) is 11.1 Å². The van der Waals surface area contributed by atoms with Crippen LogP contribution in [-0.2, 0) is 11.4 Å². The van der Waals surface area contributed by atoms with E-state index in [1.165, 1.54) is 36.3 Å². The van der Waals surface area contributed by atoms with Crippen LogP contribution in [0.4, 0.5) is 9.18 Å². The minimum absolute atomic E-state index is 0.196. The quantitative estimate of drug-likeness (QED) is 0.477. The number of benzene rings is 2. The lowest BCUT2D eigenvalue weighted by molar-refractivity contribution is -0.123. The molecule has 0 N–H and O–H groups in total. The first-order chi connectivity index (χ1) is 15.5. The molecule has 1 saturated heterocycles. The highest BCUT2D eigenvalue weighted by atomic mass is 32.2. The van der Waals surface area contributed by atoms with E-state index in [1.54, 1.807) is 37.5 Å². The summed E-state index contributed by atoms with van der Waals surface area (Å²) in [7, 11) is 1.54. The van der Waals surface area contributed by atoms with Gasteiger partial charge >= 0.3 is 0 Å². The molecule has 0 atom stereocenters. The maximum atomic E-state index is 13.1. The lowest BCUT2D eigenvalue weighted by atomic mass is 9.89. The highest BCUT2D eigenvalue weighted by Gasteiger charge is 2.36. The number of hydrogen-bond acceptors (Lipinski definition) is 5. The molecule has 2 amide bonds. The Hall–Kier alpha value is -2.80. The molecule has 7 heteroatoms. The first-order valence-corrected chi connectivity index (χ1v) is 11.7. The van der Waals surface area contributed by atoms with Crippen LogP contribution in [0.5, 0.6) is 11.5 Å². The fraction of sp³-hybridized carbons (Fsp3) is 0.360. The summed E-state index contributed by atoms with van der Waals surface area (Å²) in [5.41, 5.74) is 1.59. The van der Waals surface area contributed by atoms with Gasteiger partial charge in [-0.15, -0.1) is 0 Å². The molecule has 1 aliphatic heterocycles. The Morgan fingerprint density at radius 1 is 1.06 bits per heavy atom. The van der Waals surface area contributed by atoms with Crippen LogP contribution in [0.1, 0.15) is 43.2 Å². The molecule has 0 aromatic heterocycles. The van der Waals surface area contributed by atoms with E-state index in [2.05, 4.69) is 0 Å². The van der Waals surface area contributed by atoms with Crippen LogP contribution in [0.25, 0.3) is 6.08 Å². The van der Waals surface area contributed by atoms with Gasteiger partial charge in [0.15, 0.2) is 11.5 Å². The number of carbonyl (C=O) groups is 2. The molecule has 0 bridgehead atoms. The molecule has 2 aromatic rings. The minimum atomic E-state index is -0.293. The number of imide groups is 1. The van der Waals surface area contributed by atoms with Crippen LogP contribution >= 0.6 is 11.8 Å². The van der Waals surface area contributed by atoms with Crippen LogP contribution in [-0.4, -0.2) is 29.7 Å². The van der Waals surface area contributed by atoms with Crippen molar-refractivity contribution >= 4 is 29.0 Å². The third-order valence-corrected chi connectivity index (χ3v) is 6.74. The summed E-state index contributed by atoms with van der Waals surface area (Å²) in [6, 6.07) is 11.5. The Morgan fingerprint density at radius 2 is 1.81 bits per heavy atom. The summed E-state index contributed by atoms with van der Waals surface area (Å²) >= 11 is 0.987. The van der Waals surface area contributed by atoms with Gasteiger partial charge in [-0.2, -0.15) is 0 Å². The van der Waals surface area contributed by atoms with Gasteiger partial charge in [-0.25, -0.2) is 4.39 Å². The molecule has 1 aliphatic carbocycles. The van der Waals surface area contributed by atoms with E-state index in [1.807, 2.05) is 6.07 Å². The van der Waals surface area contributed by atoms with Crippen molar-refractivity contribution in [3.63, 3.8) is 0 Å². The maximum absolute atomic E-state index is 13.1. The van der Waals surface area contributed by atoms with E-state index in [4.69, 9.17) is 9.47 Å². The van der Waals surface area contributed by atoms with E-state index in [9.17, 15) is 14.0 Å². The average Bonchev–Trinajstić information content (AvgIpc) is 3.07. The number of carbonyl (C=O) groups excluding carboxylic acids is 2. The fourth-order valence-electron chi connectivity index (χ4n) is 4.07. The first kappa shape index (κ1) is 22.4. The molecule has 1 saturated carbocycles. The van der Waals surface area contributed by atoms with E-state index in [0.717, 1.165) is 35.7 Å². The van der Waals surface area contributed by atoms with Crippen molar-refractivity contribution < 1.29 is 23.5 Å². The molecular formula is C25H26FNO4S. The van der Waals surface area contributed by atoms with E-state index < -0.39 is 0 Å². The van der Waals surface area contributed by atoms with E-state index in [-0.39, 0.29) is 23.6 Å². The Bertz CT molecular complexity index is 1020. The number of ether oxygens (including phenoxy) is 2. The molecule has 0 spiro atoms. The number of halogens is 1. The van der Waals surface area contributed by atoms with Crippen molar-refractivity contribution in [1.82, 2.24) is 4.90 Å². The Morgan fingerprint density at radius 3 is 2.53 bits per heavy atom. The molecular weight excluding hydrogens is 429 g/mol. The molecule has 4 rings (SSSR count). The fourth-order valence-corrected chi connectivity index (χ4v) is 4.92. The number of amides is 2. The Balaban J connectivity index is 1.44. The van der Waals surface area contributed by atoms with Gasteiger partial charge in [0.1, 0.15) is 12.4 Å². The van der Waals surface area contributed by atoms with Crippen molar-refractivity contribution in [3.8, 4) is 11.5 Å². The van der Waals surface area contributed by atoms with Crippen molar-refractivity contribution in [2.45, 2.75) is 38.7 Å². The predicted octanol–water partition coefficient (Wildman–Crippen LogP) is 6.03. The standard InChI is InChI=1S/C25H26FNO4S/c1-30-22-13-19(9-12-21(22)31-16-18-7-10-20(26)11-8-18)14-23-24(28)27(25(29)32-23)15-17-5-3-2-4-6-17/h7-14,17H,2-6,15-16H2,1H3/b23-14+.